The summed E-state index contributed by atoms with van der Waals surface area (Å²) in [7, 11) is 0. The number of rotatable bonds is 10. The largest absolute Gasteiger partial charge is 0.479 e. The Morgan fingerprint density at radius 1 is 0.871 bits per heavy atom. The molecule has 2 aromatic carbocycles. The molecule has 0 aliphatic carbocycles. The van der Waals surface area contributed by atoms with Crippen LogP contribution in [0, 0.1) is 0 Å². The number of carbonyl (C=O) groups excluding carboxylic acids is 1. The second-order valence-electron chi connectivity index (χ2n) is 7.49. The molecule has 0 radical (unpaired) electrons. The summed E-state index contributed by atoms with van der Waals surface area (Å²) in [5, 5.41) is 0. The van der Waals surface area contributed by atoms with E-state index in [4.69, 9.17) is 9.47 Å². The average Bonchev–Trinajstić information content (AvgIpc) is 2.80. The zero-order valence-electron chi connectivity index (χ0n) is 18.5. The lowest BCUT2D eigenvalue weighted by Gasteiger charge is -2.13. The van der Waals surface area contributed by atoms with Crippen LogP contribution in [0.5, 0.6) is 5.75 Å². The van der Waals surface area contributed by atoms with E-state index in [1.807, 2.05) is 36.7 Å². The highest BCUT2D eigenvalue weighted by Gasteiger charge is 2.15. The first-order valence-corrected chi connectivity index (χ1v) is 11.0. The third-order valence-electron chi connectivity index (χ3n) is 5.05. The maximum atomic E-state index is 11.7. The minimum atomic E-state index is -0.647. The third kappa shape index (κ3) is 6.38. The van der Waals surface area contributed by atoms with Crippen molar-refractivity contribution in [3.05, 3.63) is 66.5 Å². The fourth-order valence-corrected chi connectivity index (χ4v) is 3.26. The molecule has 162 valence electrons. The SMILES string of the molecule is CCCCCc1ccc(-c2ncc(-c3ccc(OC(C)C(=O)OCC)cc3)cn2)cc1. The molecule has 0 fully saturated rings. The van der Waals surface area contributed by atoms with E-state index in [9.17, 15) is 4.79 Å². The van der Waals surface area contributed by atoms with Crippen LogP contribution in [0.1, 0.15) is 45.6 Å². The van der Waals surface area contributed by atoms with E-state index in [0.29, 0.717) is 18.2 Å². The van der Waals surface area contributed by atoms with Gasteiger partial charge in [0.1, 0.15) is 5.75 Å². The van der Waals surface area contributed by atoms with Crippen molar-refractivity contribution in [2.45, 2.75) is 52.6 Å². The zero-order valence-corrected chi connectivity index (χ0v) is 18.5. The van der Waals surface area contributed by atoms with Crippen molar-refractivity contribution in [1.82, 2.24) is 9.97 Å². The monoisotopic (exact) mass is 418 g/mol. The Labute approximate surface area is 184 Å². The number of esters is 1. The number of unbranched alkanes of at least 4 members (excludes halogenated alkanes) is 2. The zero-order chi connectivity index (χ0) is 22.1. The average molecular weight is 419 g/mol. The number of nitrogens with zero attached hydrogens (tertiary/aromatic N) is 2. The molecular formula is C26H30N2O3. The Kier molecular flexibility index (Phi) is 8.16. The van der Waals surface area contributed by atoms with E-state index in [1.165, 1.54) is 24.8 Å². The lowest BCUT2D eigenvalue weighted by molar-refractivity contribution is -0.150. The predicted molar refractivity (Wildman–Crippen MR) is 123 cm³/mol. The minimum absolute atomic E-state index is 0.338. The van der Waals surface area contributed by atoms with Crippen LogP contribution in [-0.2, 0) is 16.0 Å². The van der Waals surface area contributed by atoms with Crippen LogP contribution in [0.3, 0.4) is 0 Å². The van der Waals surface area contributed by atoms with Crippen LogP contribution < -0.4 is 4.74 Å². The molecule has 0 N–H and O–H groups in total. The summed E-state index contributed by atoms with van der Waals surface area (Å²) in [5.41, 5.74) is 4.27. The molecule has 5 nitrogen and oxygen atoms in total. The van der Waals surface area contributed by atoms with Gasteiger partial charge in [-0.3, -0.25) is 0 Å². The summed E-state index contributed by atoms with van der Waals surface area (Å²) >= 11 is 0. The molecule has 0 aliphatic rings. The van der Waals surface area contributed by atoms with Crippen molar-refractivity contribution in [3.63, 3.8) is 0 Å². The Morgan fingerprint density at radius 3 is 2.13 bits per heavy atom. The highest BCUT2D eigenvalue weighted by atomic mass is 16.6. The van der Waals surface area contributed by atoms with Crippen LogP contribution in [-0.4, -0.2) is 28.6 Å². The molecule has 1 heterocycles. The smallest absolute Gasteiger partial charge is 0.347 e. The van der Waals surface area contributed by atoms with Gasteiger partial charge in [-0.25, -0.2) is 14.8 Å². The Bertz CT molecular complexity index is 951. The highest BCUT2D eigenvalue weighted by molar-refractivity contribution is 5.74. The maximum absolute atomic E-state index is 11.7. The first-order chi connectivity index (χ1) is 15.1. The van der Waals surface area contributed by atoms with Gasteiger partial charge in [0.2, 0.25) is 0 Å². The van der Waals surface area contributed by atoms with Crippen molar-refractivity contribution in [2.75, 3.05) is 6.61 Å². The van der Waals surface area contributed by atoms with Crippen molar-refractivity contribution in [2.24, 2.45) is 0 Å². The van der Waals surface area contributed by atoms with Gasteiger partial charge in [-0.1, -0.05) is 56.2 Å². The Balaban J connectivity index is 1.62. The van der Waals surface area contributed by atoms with Gasteiger partial charge in [0.05, 0.1) is 6.61 Å². The van der Waals surface area contributed by atoms with E-state index in [-0.39, 0.29) is 5.97 Å². The molecule has 3 rings (SSSR count). The van der Waals surface area contributed by atoms with Gasteiger partial charge < -0.3 is 9.47 Å². The molecular weight excluding hydrogens is 388 g/mol. The molecule has 1 atom stereocenters. The fraction of sp³-hybridized carbons (Fsp3) is 0.346. The van der Waals surface area contributed by atoms with E-state index in [1.54, 1.807) is 13.8 Å². The number of hydrogen-bond acceptors (Lipinski definition) is 5. The maximum Gasteiger partial charge on any atom is 0.347 e. The van der Waals surface area contributed by atoms with E-state index in [2.05, 4.69) is 41.2 Å². The first-order valence-electron chi connectivity index (χ1n) is 11.0. The number of benzene rings is 2. The van der Waals surface area contributed by atoms with Crippen LogP contribution >= 0.6 is 0 Å². The summed E-state index contributed by atoms with van der Waals surface area (Å²) in [6.07, 6.45) is 7.86. The Hall–Kier alpha value is -3.21. The number of carbonyl (C=O) groups is 1. The number of ether oxygens (including phenoxy) is 2. The molecule has 0 saturated heterocycles. The molecule has 0 spiro atoms. The number of aryl methyl sites for hydroxylation is 1. The van der Waals surface area contributed by atoms with Crippen LogP contribution in [0.4, 0.5) is 0 Å². The van der Waals surface area contributed by atoms with E-state index in [0.717, 1.165) is 23.1 Å². The molecule has 0 amide bonds. The predicted octanol–water partition coefficient (Wildman–Crippen LogP) is 5.87. The summed E-state index contributed by atoms with van der Waals surface area (Å²) in [6, 6.07) is 16.0. The summed E-state index contributed by atoms with van der Waals surface area (Å²) < 4.78 is 10.6. The lowest BCUT2D eigenvalue weighted by Crippen LogP contribution is -2.25. The molecule has 1 aromatic heterocycles. The van der Waals surface area contributed by atoms with Gasteiger partial charge in [0.15, 0.2) is 11.9 Å². The molecule has 3 aromatic rings. The third-order valence-corrected chi connectivity index (χ3v) is 5.05. The van der Waals surface area contributed by atoms with Crippen molar-refractivity contribution in [3.8, 4) is 28.3 Å². The lowest BCUT2D eigenvalue weighted by atomic mass is 10.0. The quantitative estimate of drug-likeness (QED) is 0.304. The molecule has 1 unspecified atom stereocenters. The van der Waals surface area contributed by atoms with Gasteiger partial charge >= 0.3 is 5.97 Å². The molecule has 31 heavy (non-hydrogen) atoms. The van der Waals surface area contributed by atoms with Gasteiger partial charge in [-0.15, -0.1) is 0 Å². The van der Waals surface area contributed by atoms with E-state index >= 15 is 0 Å². The number of hydrogen-bond donors (Lipinski definition) is 0. The minimum Gasteiger partial charge on any atom is -0.479 e. The van der Waals surface area contributed by atoms with Gasteiger partial charge in [0, 0.05) is 23.5 Å². The van der Waals surface area contributed by atoms with Gasteiger partial charge in [0.25, 0.3) is 0 Å². The van der Waals surface area contributed by atoms with Crippen molar-refractivity contribution >= 4 is 5.97 Å². The topological polar surface area (TPSA) is 61.3 Å². The van der Waals surface area contributed by atoms with Gasteiger partial charge in [-0.2, -0.15) is 0 Å². The number of aromatic nitrogens is 2. The molecule has 0 aliphatic heterocycles. The van der Waals surface area contributed by atoms with Crippen molar-refractivity contribution in [1.29, 1.82) is 0 Å². The normalized spacial score (nSPS) is 11.7. The summed E-state index contributed by atoms with van der Waals surface area (Å²) in [4.78, 5) is 20.8. The molecule has 0 saturated carbocycles. The molecule has 5 heteroatoms. The first kappa shape index (κ1) is 22.5. The summed E-state index contributed by atoms with van der Waals surface area (Å²) in [5.74, 6) is 0.956. The standard InChI is InChI=1S/C26H30N2O3/c1-4-6-7-8-20-9-11-22(12-10-20)25-27-17-23(18-28-25)21-13-15-24(16-14-21)31-19(3)26(29)30-5-2/h9-19H,4-8H2,1-3H3. The van der Waals surface area contributed by atoms with Crippen molar-refractivity contribution < 1.29 is 14.3 Å². The fourth-order valence-electron chi connectivity index (χ4n) is 3.26. The van der Waals surface area contributed by atoms with Gasteiger partial charge in [-0.05, 0) is 49.9 Å². The molecule has 0 bridgehead atoms. The van der Waals surface area contributed by atoms with Crippen LogP contribution in [0.15, 0.2) is 60.9 Å². The second kappa shape index (κ2) is 11.3. The van der Waals surface area contributed by atoms with E-state index < -0.39 is 6.10 Å². The Morgan fingerprint density at radius 2 is 1.52 bits per heavy atom. The van der Waals surface area contributed by atoms with Crippen LogP contribution in [0.25, 0.3) is 22.5 Å². The second-order valence-corrected chi connectivity index (χ2v) is 7.49. The highest BCUT2D eigenvalue weighted by Crippen LogP contribution is 2.24. The summed E-state index contributed by atoms with van der Waals surface area (Å²) in [6.45, 7) is 6.01. The van der Waals surface area contributed by atoms with Crippen LogP contribution in [0.2, 0.25) is 0 Å².